The van der Waals surface area contributed by atoms with Gasteiger partial charge in [0.2, 0.25) is 0 Å². The fourth-order valence-corrected chi connectivity index (χ4v) is 1.48. The number of hydrogen-bond acceptors (Lipinski definition) is 4. The summed E-state index contributed by atoms with van der Waals surface area (Å²) in [6.07, 6.45) is 0. The van der Waals surface area contributed by atoms with Crippen LogP contribution in [0.15, 0.2) is 24.3 Å². The van der Waals surface area contributed by atoms with Crippen LogP contribution in [0.2, 0.25) is 0 Å². The van der Waals surface area contributed by atoms with Gasteiger partial charge in [-0.05, 0) is 18.5 Å². The number of hydrogen-bond donors (Lipinski definition) is 1. The van der Waals surface area contributed by atoms with Gasteiger partial charge >= 0.3 is 5.97 Å². The maximum absolute atomic E-state index is 11.0. The molecule has 0 spiro atoms. The molecule has 4 heteroatoms. The van der Waals surface area contributed by atoms with E-state index in [1.54, 1.807) is 0 Å². The number of esters is 1. The van der Waals surface area contributed by atoms with Gasteiger partial charge in [-0.2, -0.15) is 0 Å². The van der Waals surface area contributed by atoms with E-state index in [0.29, 0.717) is 5.92 Å². The Labute approximate surface area is 108 Å². The van der Waals surface area contributed by atoms with Crippen LogP contribution in [0.25, 0.3) is 0 Å². The summed E-state index contributed by atoms with van der Waals surface area (Å²) in [6.45, 7) is 5.94. The van der Waals surface area contributed by atoms with Gasteiger partial charge in [0, 0.05) is 12.1 Å². The molecule has 0 radical (unpaired) electrons. The van der Waals surface area contributed by atoms with Gasteiger partial charge in [-0.1, -0.05) is 32.0 Å². The van der Waals surface area contributed by atoms with E-state index in [1.807, 2.05) is 24.3 Å². The van der Waals surface area contributed by atoms with Crippen molar-refractivity contribution in [2.45, 2.75) is 20.4 Å². The van der Waals surface area contributed by atoms with Crippen LogP contribution in [-0.4, -0.2) is 26.2 Å². The number of nitrogens with one attached hydrogen (secondary N) is 1. The SMILES string of the molecule is COC(=O)COc1ccccc1CNCC(C)C. The summed E-state index contributed by atoms with van der Waals surface area (Å²) in [5.41, 5.74) is 1.04. The molecule has 4 nitrogen and oxygen atoms in total. The van der Waals surface area contributed by atoms with Crippen LogP contribution in [0, 0.1) is 5.92 Å². The molecule has 0 atom stereocenters. The fourth-order valence-electron chi connectivity index (χ4n) is 1.48. The van der Waals surface area contributed by atoms with Crippen molar-refractivity contribution in [3.05, 3.63) is 29.8 Å². The third-order valence-electron chi connectivity index (χ3n) is 2.41. The molecule has 0 saturated carbocycles. The summed E-state index contributed by atoms with van der Waals surface area (Å²) in [5, 5.41) is 3.35. The molecular weight excluding hydrogens is 230 g/mol. The highest BCUT2D eigenvalue weighted by Gasteiger charge is 2.06. The molecule has 0 aliphatic carbocycles. The molecule has 1 rings (SSSR count). The summed E-state index contributed by atoms with van der Waals surface area (Å²) in [5.74, 6) is 0.951. The molecule has 1 N–H and O–H groups in total. The third-order valence-corrected chi connectivity index (χ3v) is 2.41. The van der Waals surface area contributed by atoms with Crippen LogP contribution < -0.4 is 10.1 Å². The summed E-state index contributed by atoms with van der Waals surface area (Å²) in [4.78, 5) is 11.0. The van der Waals surface area contributed by atoms with Crippen molar-refractivity contribution in [1.29, 1.82) is 0 Å². The first kappa shape index (κ1) is 14.5. The summed E-state index contributed by atoms with van der Waals surface area (Å²) >= 11 is 0. The van der Waals surface area contributed by atoms with Crippen molar-refractivity contribution in [2.24, 2.45) is 5.92 Å². The lowest BCUT2D eigenvalue weighted by molar-refractivity contribution is -0.142. The van der Waals surface area contributed by atoms with Gasteiger partial charge in [0.25, 0.3) is 0 Å². The second-order valence-electron chi connectivity index (χ2n) is 4.50. The van der Waals surface area contributed by atoms with Crippen LogP contribution >= 0.6 is 0 Å². The zero-order chi connectivity index (χ0) is 13.4. The van der Waals surface area contributed by atoms with E-state index in [-0.39, 0.29) is 12.6 Å². The number of carbonyl (C=O) groups is 1. The highest BCUT2D eigenvalue weighted by molar-refractivity contribution is 5.70. The molecule has 0 amide bonds. The number of rotatable bonds is 7. The minimum atomic E-state index is -0.375. The lowest BCUT2D eigenvalue weighted by Crippen LogP contribution is -2.20. The van der Waals surface area contributed by atoms with Gasteiger partial charge in [-0.3, -0.25) is 0 Å². The van der Waals surface area contributed by atoms with Crippen LogP contribution in [0.3, 0.4) is 0 Å². The first-order valence-electron chi connectivity index (χ1n) is 6.11. The average molecular weight is 251 g/mol. The third kappa shape index (κ3) is 5.19. The molecule has 0 aliphatic rings. The monoisotopic (exact) mass is 251 g/mol. The first-order valence-corrected chi connectivity index (χ1v) is 6.11. The van der Waals surface area contributed by atoms with Gasteiger partial charge in [0.1, 0.15) is 5.75 Å². The molecule has 0 saturated heterocycles. The minimum Gasteiger partial charge on any atom is -0.482 e. The quantitative estimate of drug-likeness (QED) is 0.753. The Morgan fingerprint density at radius 2 is 2.06 bits per heavy atom. The normalized spacial score (nSPS) is 10.4. The Bertz CT molecular complexity index is 377. The minimum absolute atomic E-state index is 0.0578. The highest BCUT2D eigenvalue weighted by atomic mass is 16.6. The molecule has 0 bridgehead atoms. The molecule has 1 aromatic rings. The maximum Gasteiger partial charge on any atom is 0.343 e. The zero-order valence-corrected chi connectivity index (χ0v) is 11.2. The van der Waals surface area contributed by atoms with E-state index in [0.717, 1.165) is 24.4 Å². The number of ether oxygens (including phenoxy) is 2. The van der Waals surface area contributed by atoms with Crippen molar-refractivity contribution < 1.29 is 14.3 Å². The van der Waals surface area contributed by atoms with E-state index in [1.165, 1.54) is 7.11 Å². The molecule has 1 aromatic carbocycles. The summed E-state index contributed by atoms with van der Waals surface area (Å²) in [6, 6.07) is 7.69. The fraction of sp³-hybridized carbons (Fsp3) is 0.500. The molecule has 0 aromatic heterocycles. The van der Waals surface area contributed by atoms with Crippen LogP contribution in [0.5, 0.6) is 5.75 Å². The molecule has 18 heavy (non-hydrogen) atoms. The molecule has 0 heterocycles. The van der Waals surface area contributed by atoms with E-state index in [2.05, 4.69) is 23.9 Å². The van der Waals surface area contributed by atoms with Gasteiger partial charge < -0.3 is 14.8 Å². The standard InChI is InChI=1S/C14H21NO3/c1-11(2)8-15-9-12-6-4-5-7-13(12)18-10-14(16)17-3/h4-7,11,15H,8-10H2,1-3H3. The predicted molar refractivity (Wildman–Crippen MR) is 70.5 cm³/mol. The van der Waals surface area contributed by atoms with Gasteiger partial charge in [0.05, 0.1) is 7.11 Å². The van der Waals surface area contributed by atoms with Crippen LogP contribution in [-0.2, 0) is 16.1 Å². The first-order chi connectivity index (χ1) is 8.63. The van der Waals surface area contributed by atoms with Gasteiger partial charge in [-0.15, -0.1) is 0 Å². The van der Waals surface area contributed by atoms with Crippen molar-refractivity contribution >= 4 is 5.97 Å². The van der Waals surface area contributed by atoms with E-state index >= 15 is 0 Å². The summed E-state index contributed by atoms with van der Waals surface area (Å²) < 4.78 is 9.98. The Hall–Kier alpha value is -1.55. The Morgan fingerprint density at radius 3 is 2.72 bits per heavy atom. The van der Waals surface area contributed by atoms with Gasteiger partial charge in [-0.25, -0.2) is 4.79 Å². The molecule has 0 aliphatic heterocycles. The number of carbonyl (C=O) groups excluding carboxylic acids is 1. The highest BCUT2D eigenvalue weighted by Crippen LogP contribution is 2.17. The zero-order valence-electron chi connectivity index (χ0n) is 11.2. The second-order valence-corrected chi connectivity index (χ2v) is 4.50. The maximum atomic E-state index is 11.0. The van der Waals surface area contributed by atoms with Crippen molar-refractivity contribution in [3.63, 3.8) is 0 Å². The number of methoxy groups -OCH3 is 1. The average Bonchev–Trinajstić information content (AvgIpc) is 2.36. The van der Waals surface area contributed by atoms with Crippen molar-refractivity contribution in [3.8, 4) is 5.75 Å². The van der Waals surface area contributed by atoms with Crippen molar-refractivity contribution in [2.75, 3.05) is 20.3 Å². The summed E-state index contributed by atoms with van der Waals surface area (Å²) in [7, 11) is 1.35. The Kier molecular flexibility index (Phi) is 6.22. The second kappa shape index (κ2) is 7.71. The smallest absolute Gasteiger partial charge is 0.343 e. The topological polar surface area (TPSA) is 47.6 Å². The molecular formula is C14H21NO3. The lowest BCUT2D eigenvalue weighted by Gasteiger charge is -2.12. The number of para-hydroxylation sites is 1. The van der Waals surface area contributed by atoms with E-state index in [9.17, 15) is 4.79 Å². The van der Waals surface area contributed by atoms with Crippen LogP contribution in [0.4, 0.5) is 0 Å². The Balaban J connectivity index is 2.53. The largest absolute Gasteiger partial charge is 0.482 e. The lowest BCUT2D eigenvalue weighted by atomic mass is 10.2. The molecule has 0 unspecified atom stereocenters. The molecule has 0 fully saturated rings. The van der Waals surface area contributed by atoms with E-state index < -0.39 is 0 Å². The van der Waals surface area contributed by atoms with Gasteiger partial charge in [0.15, 0.2) is 6.61 Å². The Morgan fingerprint density at radius 1 is 1.33 bits per heavy atom. The predicted octanol–water partition coefficient (Wildman–Crippen LogP) is 1.98. The molecule has 100 valence electrons. The van der Waals surface area contributed by atoms with E-state index in [4.69, 9.17) is 4.74 Å². The number of benzene rings is 1. The van der Waals surface area contributed by atoms with Crippen molar-refractivity contribution in [1.82, 2.24) is 5.32 Å². The van der Waals surface area contributed by atoms with Crippen LogP contribution in [0.1, 0.15) is 19.4 Å².